The van der Waals surface area contributed by atoms with Gasteiger partial charge in [-0.05, 0) is 60.9 Å². The van der Waals surface area contributed by atoms with Crippen LogP contribution in [0.25, 0.3) is 11.0 Å². The molecule has 1 N–H and O–H groups in total. The van der Waals surface area contributed by atoms with Gasteiger partial charge in [0, 0.05) is 39.3 Å². The van der Waals surface area contributed by atoms with Gasteiger partial charge in [0.2, 0.25) is 0 Å². The predicted molar refractivity (Wildman–Crippen MR) is 159 cm³/mol. The van der Waals surface area contributed by atoms with Crippen LogP contribution in [0.3, 0.4) is 0 Å². The number of carboxylic acids is 1. The van der Waals surface area contributed by atoms with E-state index in [1.807, 2.05) is 11.0 Å². The van der Waals surface area contributed by atoms with E-state index in [0.29, 0.717) is 37.4 Å². The number of rotatable bonds is 7. The van der Waals surface area contributed by atoms with E-state index in [0.717, 1.165) is 74.0 Å². The van der Waals surface area contributed by atoms with Crippen LogP contribution in [0.4, 0.5) is 15.9 Å². The fourth-order valence-electron chi connectivity index (χ4n) is 6.21. The van der Waals surface area contributed by atoms with E-state index in [2.05, 4.69) is 26.5 Å². The summed E-state index contributed by atoms with van der Waals surface area (Å²) in [5, 5.41) is 18.6. The number of nitrogens with zero attached hydrogens (tertiary/aromatic N) is 7. The number of pyridine rings is 1. The molecule has 2 fully saturated rings. The summed E-state index contributed by atoms with van der Waals surface area (Å²) in [6.45, 7) is 6.62. The largest absolute Gasteiger partial charge is 0.478 e. The van der Waals surface area contributed by atoms with Gasteiger partial charge in [-0.15, -0.1) is 0 Å². The van der Waals surface area contributed by atoms with Gasteiger partial charge in [-0.2, -0.15) is 5.26 Å². The Morgan fingerprint density at radius 1 is 1.05 bits per heavy atom. The van der Waals surface area contributed by atoms with Crippen molar-refractivity contribution in [2.75, 3.05) is 49.1 Å². The summed E-state index contributed by atoms with van der Waals surface area (Å²) in [5.41, 5.74) is 4.85. The van der Waals surface area contributed by atoms with Crippen LogP contribution in [-0.2, 0) is 30.8 Å². The predicted octanol–water partition coefficient (Wildman–Crippen LogP) is 3.81. The van der Waals surface area contributed by atoms with Crippen LogP contribution in [0.15, 0.2) is 48.5 Å². The highest BCUT2D eigenvalue weighted by Gasteiger charge is 2.26. The molecule has 3 aliphatic heterocycles. The summed E-state index contributed by atoms with van der Waals surface area (Å²) < 4.78 is 22.5. The molecule has 4 aromatic rings. The van der Waals surface area contributed by atoms with Crippen molar-refractivity contribution in [2.45, 2.75) is 38.6 Å². The first kappa shape index (κ1) is 27.3. The first-order valence-corrected chi connectivity index (χ1v) is 14.7. The van der Waals surface area contributed by atoms with Gasteiger partial charge < -0.3 is 24.2 Å². The van der Waals surface area contributed by atoms with Crippen molar-refractivity contribution in [3.8, 4) is 6.07 Å². The van der Waals surface area contributed by atoms with Gasteiger partial charge in [-0.1, -0.05) is 6.07 Å². The number of benzene rings is 2. The number of anilines is 2. The van der Waals surface area contributed by atoms with Gasteiger partial charge in [0.25, 0.3) is 0 Å². The molecule has 0 radical (unpaired) electrons. The molecule has 0 saturated carbocycles. The lowest BCUT2D eigenvalue weighted by atomic mass is 10.0. The fraction of sp³-hybridized carbons (Fsp3) is 0.375. The Labute approximate surface area is 248 Å². The third-order valence-corrected chi connectivity index (χ3v) is 8.78. The lowest BCUT2D eigenvalue weighted by Gasteiger charge is -2.36. The number of imidazole rings is 1. The maximum absolute atomic E-state index is 14.7. The Bertz CT molecular complexity index is 1740. The number of carboxylic acid groups (broad SMARTS) is 1. The summed E-state index contributed by atoms with van der Waals surface area (Å²) in [4.78, 5) is 28.2. The molecule has 0 spiro atoms. The summed E-state index contributed by atoms with van der Waals surface area (Å²) in [6, 6.07) is 16.0. The van der Waals surface area contributed by atoms with Gasteiger partial charge in [-0.25, -0.2) is 19.2 Å². The van der Waals surface area contributed by atoms with E-state index in [1.54, 1.807) is 30.3 Å². The molecule has 0 aliphatic carbocycles. The summed E-state index contributed by atoms with van der Waals surface area (Å²) in [5.74, 6) is 0.516. The van der Waals surface area contributed by atoms with Crippen molar-refractivity contribution in [1.82, 2.24) is 19.4 Å². The number of fused-ring (bicyclic) bond motifs is 2. The fourth-order valence-corrected chi connectivity index (χ4v) is 6.21. The number of piperazine rings is 1. The zero-order chi connectivity index (χ0) is 29.5. The third-order valence-electron chi connectivity index (χ3n) is 8.78. The molecule has 5 heterocycles. The SMILES string of the molecule is N#Cc1ccc(N2CCc3ccc(N4CCN(Cc5nc6ccc(C(=O)O)cc6n5C[C@@H]5CCO5)CC4)nc3C2)c(F)c1. The first-order valence-electron chi connectivity index (χ1n) is 14.7. The van der Waals surface area contributed by atoms with Crippen molar-refractivity contribution in [2.24, 2.45) is 0 Å². The molecule has 7 rings (SSSR count). The third kappa shape index (κ3) is 5.40. The molecule has 3 aliphatic rings. The molecular formula is C32H32FN7O3. The molecule has 2 saturated heterocycles. The lowest BCUT2D eigenvalue weighted by Crippen LogP contribution is -2.46. The molecule has 2 aromatic heterocycles. The Morgan fingerprint density at radius 3 is 2.60 bits per heavy atom. The highest BCUT2D eigenvalue weighted by molar-refractivity contribution is 5.92. The highest BCUT2D eigenvalue weighted by atomic mass is 19.1. The molecule has 10 nitrogen and oxygen atoms in total. The molecule has 11 heteroatoms. The molecule has 0 bridgehead atoms. The van der Waals surface area contributed by atoms with Gasteiger partial charge >= 0.3 is 5.97 Å². The lowest BCUT2D eigenvalue weighted by molar-refractivity contribution is -0.0592. The second-order valence-electron chi connectivity index (χ2n) is 11.4. The second-order valence-corrected chi connectivity index (χ2v) is 11.4. The monoisotopic (exact) mass is 581 g/mol. The minimum atomic E-state index is -0.947. The molecule has 0 unspecified atom stereocenters. The van der Waals surface area contributed by atoms with Gasteiger partial charge in [0.05, 0.1) is 65.3 Å². The standard InChI is InChI=1S/C32H32FN7O3/c33-25-15-21(17-34)1-5-28(25)39-9-7-22-3-6-30(36-27(22)19-39)38-12-10-37(11-13-38)20-31-35-26-4-2-23(32(41)42)16-29(26)40(31)18-24-8-14-43-24/h1-6,15-16,24H,7-14,18-20H2,(H,41,42)/t24-/m0/s1. The van der Waals surface area contributed by atoms with Crippen LogP contribution < -0.4 is 9.80 Å². The Morgan fingerprint density at radius 2 is 1.88 bits per heavy atom. The quantitative estimate of drug-likeness (QED) is 0.348. The number of aromatic carboxylic acids is 1. The first-order chi connectivity index (χ1) is 20.9. The minimum Gasteiger partial charge on any atom is -0.478 e. The van der Waals surface area contributed by atoms with Gasteiger partial charge in [0.15, 0.2) is 0 Å². The van der Waals surface area contributed by atoms with Crippen molar-refractivity contribution >= 4 is 28.5 Å². The van der Waals surface area contributed by atoms with E-state index in [1.165, 1.54) is 11.6 Å². The van der Waals surface area contributed by atoms with Crippen molar-refractivity contribution in [1.29, 1.82) is 5.26 Å². The average molecular weight is 582 g/mol. The van der Waals surface area contributed by atoms with Gasteiger partial charge in [-0.3, -0.25) is 4.90 Å². The number of halogens is 1. The Balaban J connectivity index is 1.04. The van der Waals surface area contributed by atoms with E-state index in [4.69, 9.17) is 20.0 Å². The molecule has 220 valence electrons. The van der Waals surface area contributed by atoms with E-state index in [9.17, 15) is 14.3 Å². The molecule has 2 aromatic carbocycles. The molecular weight excluding hydrogens is 549 g/mol. The number of hydrogen-bond donors (Lipinski definition) is 1. The zero-order valence-electron chi connectivity index (χ0n) is 23.7. The molecule has 0 amide bonds. The summed E-state index contributed by atoms with van der Waals surface area (Å²) >= 11 is 0. The van der Waals surface area contributed by atoms with Crippen LogP contribution in [0.2, 0.25) is 0 Å². The number of ether oxygens (including phenoxy) is 1. The van der Waals surface area contributed by atoms with Crippen molar-refractivity contribution < 1.29 is 19.0 Å². The van der Waals surface area contributed by atoms with E-state index < -0.39 is 5.97 Å². The van der Waals surface area contributed by atoms with Crippen molar-refractivity contribution in [3.05, 3.63) is 82.6 Å². The second kappa shape index (κ2) is 11.3. The topological polar surface area (TPSA) is 111 Å². The average Bonchev–Trinajstić information content (AvgIpc) is 3.34. The summed E-state index contributed by atoms with van der Waals surface area (Å²) in [7, 11) is 0. The maximum atomic E-state index is 14.7. The highest BCUT2D eigenvalue weighted by Crippen LogP contribution is 2.29. The van der Waals surface area contributed by atoms with Crippen LogP contribution in [0.1, 0.15) is 39.4 Å². The number of nitriles is 1. The Hall–Kier alpha value is -4.53. The smallest absolute Gasteiger partial charge is 0.335 e. The molecule has 1 atom stereocenters. The number of carbonyl (C=O) groups is 1. The van der Waals surface area contributed by atoms with Crippen LogP contribution in [0, 0.1) is 17.1 Å². The van der Waals surface area contributed by atoms with Crippen molar-refractivity contribution in [3.63, 3.8) is 0 Å². The van der Waals surface area contributed by atoms with E-state index >= 15 is 0 Å². The molecule has 43 heavy (non-hydrogen) atoms. The van der Waals surface area contributed by atoms with Gasteiger partial charge in [0.1, 0.15) is 17.5 Å². The van der Waals surface area contributed by atoms with Crippen LogP contribution in [-0.4, -0.2) is 75.9 Å². The zero-order valence-corrected chi connectivity index (χ0v) is 23.7. The van der Waals surface area contributed by atoms with E-state index in [-0.39, 0.29) is 17.5 Å². The minimum absolute atomic E-state index is 0.126. The summed E-state index contributed by atoms with van der Waals surface area (Å²) in [6.07, 6.45) is 1.90. The Kier molecular flexibility index (Phi) is 7.16. The van der Waals surface area contributed by atoms with Crippen LogP contribution in [0.5, 0.6) is 0 Å². The van der Waals surface area contributed by atoms with Crippen LogP contribution >= 0.6 is 0 Å². The normalized spacial score (nSPS) is 18.7. The number of hydrogen-bond acceptors (Lipinski definition) is 8. The maximum Gasteiger partial charge on any atom is 0.335 e. The number of aromatic nitrogens is 3.